The highest BCUT2D eigenvalue weighted by atomic mass is 35.5. The van der Waals surface area contributed by atoms with Gasteiger partial charge in [-0.25, -0.2) is 4.39 Å². The van der Waals surface area contributed by atoms with Gasteiger partial charge in [-0.3, -0.25) is 4.79 Å². The number of benzene rings is 2. The third kappa shape index (κ3) is 5.63. The smallest absolute Gasteiger partial charge is 0.246 e. The first-order chi connectivity index (χ1) is 11.1. The van der Waals surface area contributed by atoms with Crippen LogP contribution in [0, 0.1) is 5.82 Å². The van der Waals surface area contributed by atoms with Gasteiger partial charge in [0, 0.05) is 11.6 Å². The molecule has 0 aliphatic carbocycles. The van der Waals surface area contributed by atoms with Crippen LogP contribution in [0.3, 0.4) is 0 Å². The summed E-state index contributed by atoms with van der Waals surface area (Å²) in [5.74, 6) is -0.726. The molecule has 1 unspecified atom stereocenters. The molecule has 6 heteroatoms. The van der Waals surface area contributed by atoms with Crippen LogP contribution < -0.4 is 5.32 Å². The first kappa shape index (κ1) is 17.4. The molecule has 0 fully saturated rings. The van der Waals surface area contributed by atoms with Crippen LogP contribution >= 0.6 is 11.6 Å². The third-order valence-corrected chi connectivity index (χ3v) is 3.56. The van der Waals surface area contributed by atoms with Gasteiger partial charge in [0.05, 0.1) is 12.7 Å². The summed E-state index contributed by atoms with van der Waals surface area (Å²) in [6.45, 7) is 0.120. The van der Waals surface area contributed by atoms with E-state index in [1.807, 2.05) is 18.2 Å². The van der Waals surface area contributed by atoms with E-state index < -0.39 is 6.10 Å². The molecule has 1 amide bonds. The van der Waals surface area contributed by atoms with E-state index in [0.717, 1.165) is 5.56 Å². The monoisotopic (exact) mass is 337 g/mol. The number of hydrogen-bond acceptors (Lipinski definition) is 3. The molecule has 0 radical (unpaired) electrons. The molecule has 4 nitrogen and oxygen atoms in total. The van der Waals surface area contributed by atoms with Gasteiger partial charge in [0.1, 0.15) is 12.4 Å². The summed E-state index contributed by atoms with van der Waals surface area (Å²) in [6.07, 6.45) is -0.900. The molecule has 2 rings (SSSR count). The van der Waals surface area contributed by atoms with Gasteiger partial charge in [0.25, 0.3) is 0 Å². The molecule has 0 saturated carbocycles. The topological polar surface area (TPSA) is 58.6 Å². The summed E-state index contributed by atoms with van der Waals surface area (Å²) in [4.78, 5) is 11.7. The summed E-state index contributed by atoms with van der Waals surface area (Å²) in [5, 5.41) is 13.0. The predicted octanol–water partition coefficient (Wildman–Crippen LogP) is 2.85. The number of amides is 1. The highest BCUT2D eigenvalue weighted by Gasteiger charge is 2.10. The molecule has 2 N–H and O–H groups in total. The third-order valence-electron chi connectivity index (χ3n) is 3.20. The number of ether oxygens (including phenoxy) is 1. The second-order valence-electron chi connectivity index (χ2n) is 4.96. The Balaban J connectivity index is 1.71. The van der Waals surface area contributed by atoms with Gasteiger partial charge in [-0.2, -0.15) is 0 Å². The Hall–Kier alpha value is -1.95. The van der Waals surface area contributed by atoms with Crippen LogP contribution in [0.4, 0.5) is 4.39 Å². The number of aliphatic hydroxyl groups is 1. The van der Waals surface area contributed by atoms with Gasteiger partial charge < -0.3 is 15.2 Å². The maximum absolute atomic E-state index is 12.8. The summed E-state index contributed by atoms with van der Waals surface area (Å²) in [7, 11) is 0. The molecule has 0 aliphatic rings. The van der Waals surface area contributed by atoms with Gasteiger partial charge in [-0.05, 0) is 29.3 Å². The number of rotatable bonds is 7. The van der Waals surface area contributed by atoms with Crippen molar-refractivity contribution in [3.8, 4) is 0 Å². The largest absolute Gasteiger partial charge is 0.387 e. The molecule has 1 atom stereocenters. The van der Waals surface area contributed by atoms with Gasteiger partial charge in [0.2, 0.25) is 5.91 Å². The number of carbonyl (C=O) groups is 1. The fraction of sp³-hybridized carbons (Fsp3) is 0.235. The molecule has 0 bridgehead atoms. The van der Waals surface area contributed by atoms with Crippen molar-refractivity contribution in [2.45, 2.75) is 12.7 Å². The van der Waals surface area contributed by atoms with Crippen molar-refractivity contribution in [1.29, 1.82) is 0 Å². The number of aliphatic hydroxyl groups excluding tert-OH is 1. The average molecular weight is 338 g/mol. The number of carbonyl (C=O) groups excluding carboxylic acids is 1. The minimum Gasteiger partial charge on any atom is -0.387 e. The van der Waals surface area contributed by atoms with Crippen LogP contribution in [0.2, 0.25) is 5.02 Å². The van der Waals surface area contributed by atoms with Crippen LogP contribution in [0.1, 0.15) is 17.2 Å². The van der Waals surface area contributed by atoms with Crippen LogP contribution in [0.15, 0.2) is 48.5 Å². The van der Waals surface area contributed by atoms with Gasteiger partial charge in [-0.15, -0.1) is 0 Å². The normalized spacial score (nSPS) is 12.0. The van der Waals surface area contributed by atoms with E-state index in [1.165, 1.54) is 24.3 Å². The predicted molar refractivity (Wildman–Crippen MR) is 85.5 cm³/mol. The van der Waals surface area contributed by atoms with Crippen LogP contribution in [0.5, 0.6) is 0 Å². The first-order valence-electron chi connectivity index (χ1n) is 7.07. The maximum atomic E-state index is 12.8. The summed E-state index contributed by atoms with van der Waals surface area (Å²) in [5.41, 5.74) is 1.33. The molecule has 2 aromatic carbocycles. The number of hydrogen-bond donors (Lipinski definition) is 2. The highest BCUT2D eigenvalue weighted by Crippen LogP contribution is 2.15. The fourth-order valence-corrected chi connectivity index (χ4v) is 2.12. The van der Waals surface area contributed by atoms with Crippen LogP contribution in [-0.2, 0) is 16.1 Å². The maximum Gasteiger partial charge on any atom is 0.246 e. The van der Waals surface area contributed by atoms with E-state index in [4.69, 9.17) is 16.3 Å². The van der Waals surface area contributed by atoms with Gasteiger partial charge >= 0.3 is 0 Å². The summed E-state index contributed by atoms with van der Waals surface area (Å²) < 4.78 is 18.1. The lowest BCUT2D eigenvalue weighted by Crippen LogP contribution is -2.31. The van der Waals surface area contributed by atoms with E-state index in [-0.39, 0.29) is 31.5 Å². The van der Waals surface area contributed by atoms with E-state index in [2.05, 4.69) is 5.32 Å². The Morgan fingerprint density at radius 2 is 1.91 bits per heavy atom. The van der Waals surface area contributed by atoms with Crippen molar-refractivity contribution >= 4 is 17.5 Å². The molecule has 122 valence electrons. The Labute approximate surface area is 138 Å². The summed E-state index contributed by atoms with van der Waals surface area (Å²) in [6, 6.07) is 12.7. The molecule has 0 aliphatic heterocycles. The van der Waals surface area contributed by atoms with Gasteiger partial charge in [-0.1, -0.05) is 41.9 Å². The fourth-order valence-electron chi connectivity index (χ4n) is 1.93. The highest BCUT2D eigenvalue weighted by molar-refractivity contribution is 6.31. The van der Waals surface area contributed by atoms with E-state index >= 15 is 0 Å². The van der Waals surface area contributed by atoms with Crippen LogP contribution in [-0.4, -0.2) is 24.2 Å². The molecule has 0 spiro atoms. The Morgan fingerprint density at radius 3 is 2.61 bits per heavy atom. The molecular formula is C17H17ClFNO3. The van der Waals surface area contributed by atoms with E-state index in [1.54, 1.807) is 6.07 Å². The Bertz CT molecular complexity index is 649. The van der Waals surface area contributed by atoms with E-state index in [9.17, 15) is 14.3 Å². The lowest BCUT2D eigenvalue weighted by molar-refractivity contribution is -0.126. The second kappa shape index (κ2) is 8.62. The van der Waals surface area contributed by atoms with Crippen molar-refractivity contribution in [2.24, 2.45) is 0 Å². The van der Waals surface area contributed by atoms with Crippen molar-refractivity contribution in [2.75, 3.05) is 13.2 Å². The SMILES string of the molecule is O=C(COCc1ccccc1Cl)NCC(O)c1ccc(F)cc1. The van der Waals surface area contributed by atoms with Crippen molar-refractivity contribution in [3.63, 3.8) is 0 Å². The zero-order valence-corrected chi connectivity index (χ0v) is 13.1. The second-order valence-corrected chi connectivity index (χ2v) is 5.36. The number of halogens is 2. The molecule has 0 aromatic heterocycles. The van der Waals surface area contributed by atoms with Crippen molar-refractivity contribution in [1.82, 2.24) is 5.32 Å². The molecule has 0 saturated heterocycles. The minimum atomic E-state index is -0.900. The first-order valence-corrected chi connectivity index (χ1v) is 7.45. The van der Waals surface area contributed by atoms with Gasteiger partial charge in [0.15, 0.2) is 0 Å². The summed E-state index contributed by atoms with van der Waals surface area (Å²) >= 11 is 5.98. The molecular weight excluding hydrogens is 321 g/mol. The average Bonchev–Trinajstić information content (AvgIpc) is 2.55. The lowest BCUT2D eigenvalue weighted by Gasteiger charge is -2.12. The zero-order valence-electron chi connectivity index (χ0n) is 12.3. The Morgan fingerprint density at radius 1 is 1.22 bits per heavy atom. The lowest BCUT2D eigenvalue weighted by atomic mass is 10.1. The zero-order chi connectivity index (χ0) is 16.7. The quantitative estimate of drug-likeness (QED) is 0.816. The molecule has 2 aromatic rings. The molecule has 0 heterocycles. The Kier molecular flexibility index (Phi) is 6.52. The standard InChI is InChI=1S/C17H17ClFNO3/c18-15-4-2-1-3-13(15)10-23-11-17(22)20-9-16(21)12-5-7-14(19)8-6-12/h1-8,16,21H,9-11H2,(H,20,22). The van der Waals surface area contributed by atoms with Crippen LogP contribution in [0.25, 0.3) is 0 Å². The van der Waals surface area contributed by atoms with E-state index in [0.29, 0.717) is 10.6 Å². The van der Waals surface area contributed by atoms with Crippen molar-refractivity contribution in [3.05, 3.63) is 70.5 Å². The van der Waals surface area contributed by atoms with Crippen molar-refractivity contribution < 1.29 is 19.0 Å². The minimum absolute atomic E-state index is 0.0277. The molecule has 23 heavy (non-hydrogen) atoms. The number of nitrogens with one attached hydrogen (secondary N) is 1.